The molecule has 25 heavy (non-hydrogen) atoms. The topological polar surface area (TPSA) is 82.4 Å². The molecule has 1 aliphatic rings. The summed E-state index contributed by atoms with van der Waals surface area (Å²) in [5, 5.41) is 11.9. The van der Waals surface area contributed by atoms with Crippen LogP contribution < -0.4 is 5.32 Å². The van der Waals surface area contributed by atoms with Crippen molar-refractivity contribution < 1.29 is 13.9 Å². The highest BCUT2D eigenvalue weighted by Crippen LogP contribution is 2.47. The van der Waals surface area contributed by atoms with Gasteiger partial charge < -0.3 is 9.84 Å². The quantitative estimate of drug-likeness (QED) is 0.806. The number of hydrogen-bond acceptors (Lipinski definition) is 4. The monoisotopic (exact) mass is 365 g/mol. The lowest BCUT2D eigenvalue weighted by Gasteiger charge is -2.35. The van der Waals surface area contributed by atoms with Crippen molar-refractivity contribution in [3.63, 3.8) is 0 Å². The molecule has 1 amide bonds. The highest BCUT2D eigenvalue weighted by molar-refractivity contribution is 7.55. The van der Waals surface area contributed by atoms with Crippen molar-refractivity contribution in [2.75, 3.05) is 26.4 Å². The van der Waals surface area contributed by atoms with Gasteiger partial charge in [-0.25, -0.2) is 4.67 Å². The minimum Gasteiger partial charge on any atom is -0.349 e. The molecular formula is C18H28N3O3P. The predicted octanol–water partition coefficient (Wildman–Crippen LogP) is 3.64. The van der Waals surface area contributed by atoms with Gasteiger partial charge in [0.15, 0.2) is 0 Å². The van der Waals surface area contributed by atoms with Crippen LogP contribution in [0.3, 0.4) is 0 Å². The van der Waals surface area contributed by atoms with Crippen LogP contribution in [0, 0.1) is 11.3 Å². The van der Waals surface area contributed by atoms with Gasteiger partial charge in [0.2, 0.25) is 0 Å². The number of nitrogens with one attached hydrogen (secondary N) is 1. The summed E-state index contributed by atoms with van der Waals surface area (Å²) in [5.74, 6) is -0.176. The third-order valence-electron chi connectivity index (χ3n) is 3.94. The maximum absolute atomic E-state index is 12.4. The summed E-state index contributed by atoms with van der Waals surface area (Å²) in [7, 11) is -2.71. The van der Waals surface area contributed by atoms with E-state index in [1.54, 1.807) is 30.9 Å². The second-order valence-corrected chi connectivity index (χ2v) is 8.04. The van der Waals surface area contributed by atoms with Crippen LogP contribution in [0.25, 0.3) is 0 Å². The number of carbonyl (C=O) groups excluding carboxylic acids is 1. The molecule has 1 unspecified atom stereocenters. The largest absolute Gasteiger partial charge is 0.349 e. The normalized spacial score (nSPS) is 17.6. The molecule has 0 aliphatic carbocycles. The van der Waals surface area contributed by atoms with Crippen LogP contribution in [-0.2, 0) is 9.09 Å². The van der Waals surface area contributed by atoms with E-state index in [4.69, 9.17) is 9.79 Å². The van der Waals surface area contributed by atoms with E-state index in [-0.39, 0.29) is 11.9 Å². The Morgan fingerprint density at radius 2 is 2.04 bits per heavy atom. The summed E-state index contributed by atoms with van der Waals surface area (Å²) < 4.78 is 19.6. The molecule has 0 spiro atoms. The number of nitrogens with zero attached hydrogens (tertiary/aromatic N) is 2. The summed E-state index contributed by atoms with van der Waals surface area (Å²) in [6, 6.07) is 8.72. The van der Waals surface area contributed by atoms with Gasteiger partial charge in [-0.2, -0.15) is 5.26 Å². The van der Waals surface area contributed by atoms with E-state index < -0.39 is 7.52 Å². The zero-order chi connectivity index (χ0) is 18.9. The fourth-order valence-corrected chi connectivity index (χ4v) is 4.29. The van der Waals surface area contributed by atoms with Crippen LogP contribution in [0.5, 0.6) is 0 Å². The smallest absolute Gasteiger partial charge is 0.269 e. The van der Waals surface area contributed by atoms with E-state index in [2.05, 4.69) is 5.32 Å². The molecule has 1 aromatic carbocycles. The lowest BCUT2D eigenvalue weighted by Crippen LogP contribution is -2.43. The van der Waals surface area contributed by atoms with E-state index in [0.717, 1.165) is 12.8 Å². The number of piperidine rings is 1. The van der Waals surface area contributed by atoms with Crippen molar-refractivity contribution in [2.24, 2.45) is 0 Å². The third-order valence-corrected chi connectivity index (χ3v) is 6.11. The van der Waals surface area contributed by atoms with Gasteiger partial charge >= 0.3 is 0 Å². The molecule has 0 saturated carbocycles. The molecular weight excluding hydrogens is 337 g/mol. The van der Waals surface area contributed by atoms with E-state index in [1.165, 1.54) is 0 Å². The molecule has 0 aromatic heterocycles. The number of hydrogen-bond donors (Lipinski definition) is 1. The Morgan fingerprint density at radius 1 is 1.40 bits per heavy atom. The lowest BCUT2D eigenvalue weighted by atomic mass is 10.1. The van der Waals surface area contributed by atoms with E-state index >= 15 is 0 Å². The molecule has 1 aromatic rings. The standard InChI is InChI=1S/C16H22N3O3P.C2H6/c1-3-22-23(2,21)19-9-7-15(8-10-19)18-16(20)14-6-4-5-13(11-14)12-17;1-2/h4-6,11,15H,3,7-10H2,1-2H3,(H,18,20);1-2H3. The van der Waals surface area contributed by atoms with Crippen molar-refractivity contribution in [1.82, 2.24) is 9.99 Å². The molecule has 1 heterocycles. The fourth-order valence-electron chi connectivity index (χ4n) is 2.69. The third kappa shape index (κ3) is 6.28. The average Bonchev–Trinajstić information content (AvgIpc) is 2.64. The lowest BCUT2D eigenvalue weighted by molar-refractivity contribution is 0.0922. The number of amides is 1. The van der Waals surface area contributed by atoms with Crippen LogP contribution in [0.1, 0.15) is 49.5 Å². The Labute approximate surface area is 150 Å². The van der Waals surface area contributed by atoms with E-state index in [0.29, 0.717) is 30.8 Å². The minimum absolute atomic E-state index is 0.0473. The van der Waals surface area contributed by atoms with Crippen molar-refractivity contribution in [3.8, 4) is 6.07 Å². The SMILES string of the molecule is CC.CCOP(C)(=O)N1CCC(NC(=O)c2cccc(C#N)c2)CC1. The van der Waals surface area contributed by atoms with Gasteiger partial charge in [0, 0.05) is 31.4 Å². The zero-order valence-corrected chi connectivity index (χ0v) is 16.4. The molecule has 2 rings (SSSR count). The molecule has 0 bridgehead atoms. The van der Waals surface area contributed by atoms with E-state index in [1.807, 2.05) is 31.5 Å². The molecule has 1 atom stereocenters. The molecule has 1 aliphatic heterocycles. The molecule has 1 N–H and O–H groups in total. The Bertz CT molecular complexity index is 649. The minimum atomic E-state index is -2.71. The molecule has 1 fully saturated rings. The van der Waals surface area contributed by atoms with Gasteiger partial charge in [0.1, 0.15) is 0 Å². The molecule has 6 nitrogen and oxygen atoms in total. The summed E-state index contributed by atoms with van der Waals surface area (Å²) in [4.78, 5) is 12.2. The van der Waals surface area contributed by atoms with Gasteiger partial charge in [-0.05, 0) is 38.0 Å². The Kier molecular flexibility index (Phi) is 8.85. The molecule has 7 heteroatoms. The van der Waals surface area contributed by atoms with Gasteiger partial charge in [-0.1, -0.05) is 19.9 Å². The average molecular weight is 365 g/mol. The number of nitriles is 1. The van der Waals surface area contributed by atoms with Gasteiger partial charge in [-0.3, -0.25) is 9.36 Å². The Balaban J connectivity index is 0.00000151. The number of carbonyl (C=O) groups is 1. The maximum Gasteiger partial charge on any atom is 0.269 e. The first-order valence-electron chi connectivity index (χ1n) is 8.74. The van der Waals surface area contributed by atoms with Crippen molar-refractivity contribution in [3.05, 3.63) is 35.4 Å². The highest BCUT2D eigenvalue weighted by atomic mass is 31.2. The van der Waals surface area contributed by atoms with Gasteiger partial charge in [0.25, 0.3) is 13.4 Å². The Morgan fingerprint density at radius 3 is 2.60 bits per heavy atom. The number of benzene rings is 1. The van der Waals surface area contributed by atoms with E-state index in [9.17, 15) is 9.36 Å². The maximum atomic E-state index is 12.4. The molecule has 0 radical (unpaired) electrons. The van der Waals surface area contributed by atoms with Gasteiger partial charge in [-0.15, -0.1) is 0 Å². The fraction of sp³-hybridized carbons (Fsp3) is 0.556. The van der Waals surface area contributed by atoms with Crippen LogP contribution in [0.4, 0.5) is 0 Å². The van der Waals surface area contributed by atoms with Crippen LogP contribution >= 0.6 is 7.52 Å². The Hall–Kier alpha value is -1.67. The highest BCUT2D eigenvalue weighted by Gasteiger charge is 2.30. The van der Waals surface area contributed by atoms with Crippen molar-refractivity contribution >= 4 is 13.4 Å². The summed E-state index contributed by atoms with van der Waals surface area (Å²) >= 11 is 0. The first-order chi connectivity index (χ1) is 12.0. The predicted molar refractivity (Wildman–Crippen MR) is 99.7 cm³/mol. The zero-order valence-electron chi connectivity index (χ0n) is 15.5. The van der Waals surface area contributed by atoms with Crippen molar-refractivity contribution in [2.45, 2.75) is 39.7 Å². The molecule has 138 valence electrons. The summed E-state index contributed by atoms with van der Waals surface area (Å²) in [6.45, 7) is 9.18. The second-order valence-electron chi connectivity index (χ2n) is 5.61. The van der Waals surface area contributed by atoms with Crippen LogP contribution in [0.2, 0.25) is 0 Å². The summed E-state index contributed by atoms with van der Waals surface area (Å²) in [6.07, 6.45) is 1.46. The van der Waals surface area contributed by atoms with Crippen LogP contribution in [-0.4, -0.2) is 43.0 Å². The van der Waals surface area contributed by atoms with Gasteiger partial charge in [0.05, 0.1) is 18.2 Å². The van der Waals surface area contributed by atoms with Crippen molar-refractivity contribution in [1.29, 1.82) is 5.26 Å². The second kappa shape index (κ2) is 10.4. The summed E-state index contributed by atoms with van der Waals surface area (Å²) in [5.41, 5.74) is 0.957. The first kappa shape index (κ1) is 21.4. The number of rotatable bonds is 5. The molecule has 1 saturated heterocycles. The van der Waals surface area contributed by atoms with Crippen LogP contribution in [0.15, 0.2) is 24.3 Å². The first-order valence-corrected chi connectivity index (χ1v) is 10.8.